The molecule has 0 saturated carbocycles. The molecule has 0 aliphatic rings. The fourth-order valence-corrected chi connectivity index (χ4v) is 3.68. The van der Waals surface area contributed by atoms with E-state index in [-0.39, 0.29) is 6.10 Å². The zero-order chi connectivity index (χ0) is 16.8. The minimum atomic E-state index is -3.87. The van der Waals surface area contributed by atoms with E-state index in [0.717, 1.165) is 51.4 Å². The van der Waals surface area contributed by atoms with Crippen LogP contribution in [0.2, 0.25) is 0 Å². The summed E-state index contributed by atoms with van der Waals surface area (Å²) in [4.78, 5) is 0. The zero-order valence-electron chi connectivity index (χ0n) is 14.5. The predicted octanol–water partition coefficient (Wildman–Crippen LogP) is 4.71. The fourth-order valence-electron chi connectivity index (χ4n) is 2.80. The Hall–Kier alpha value is -0.130. The van der Waals surface area contributed by atoms with E-state index in [1.165, 1.54) is 19.3 Å². The predicted molar refractivity (Wildman–Crippen MR) is 92.7 cm³/mol. The maximum absolute atomic E-state index is 11.1. The van der Waals surface area contributed by atoms with Crippen LogP contribution in [0.1, 0.15) is 97.3 Å². The Morgan fingerprint density at radius 2 is 1.23 bits per heavy atom. The molecule has 0 saturated heterocycles. The lowest BCUT2D eigenvalue weighted by molar-refractivity contribution is 0.147. The molecule has 0 heterocycles. The summed E-state index contributed by atoms with van der Waals surface area (Å²) in [5.74, 6) is 0. The van der Waals surface area contributed by atoms with E-state index in [1.807, 2.05) is 0 Å². The third kappa shape index (κ3) is 12.4. The second-order valence-electron chi connectivity index (χ2n) is 6.39. The van der Waals surface area contributed by atoms with Gasteiger partial charge in [-0.15, -0.1) is 0 Å². The first kappa shape index (κ1) is 21.9. The number of unbranched alkanes of at least 4 members (excludes halogenated alkanes) is 7. The molecule has 0 aliphatic carbocycles. The summed E-state index contributed by atoms with van der Waals surface area (Å²) >= 11 is 0. The van der Waals surface area contributed by atoms with Gasteiger partial charge >= 0.3 is 0 Å². The van der Waals surface area contributed by atoms with Crippen LogP contribution in [-0.4, -0.2) is 29.4 Å². The molecule has 0 aliphatic heterocycles. The van der Waals surface area contributed by atoms with Gasteiger partial charge < -0.3 is 5.11 Å². The van der Waals surface area contributed by atoms with Crippen molar-refractivity contribution in [3.63, 3.8) is 0 Å². The van der Waals surface area contributed by atoms with Gasteiger partial charge in [0.1, 0.15) is 0 Å². The molecule has 0 aromatic carbocycles. The maximum atomic E-state index is 11.1. The second kappa shape index (κ2) is 13.3. The largest absolute Gasteiger partial charge is 0.393 e. The van der Waals surface area contributed by atoms with Gasteiger partial charge in [0.15, 0.2) is 0 Å². The molecule has 0 spiro atoms. The number of aliphatic hydroxyl groups excluding tert-OH is 1. The zero-order valence-corrected chi connectivity index (χ0v) is 15.3. The maximum Gasteiger partial charge on any atom is 0.267 e. The summed E-state index contributed by atoms with van der Waals surface area (Å²) in [5.41, 5.74) is 0. The van der Waals surface area contributed by atoms with Crippen LogP contribution in [0.5, 0.6) is 0 Å². The Bertz CT molecular complexity index is 341. The molecule has 0 rings (SSSR count). The number of rotatable bonds is 15. The van der Waals surface area contributed by atoms with E-state index in [4.69, 9.17) is 4.55 Å². The molecule has 0 radical (unpaired) electrons. The summed E-state index contributed by atoms with van der Waals surface area (Å²) < 4.78 is 31.1. The van der Waals surface area contributed by atoms with Gasteiger partial charge in [0.25, 0.3) is 10.1 Å². The van der Waals surface area contributed by atoms with Crippen molar-refractivity contribution in [2.24, 2.45) is 0 Å². The lowest BCUT2D eigenvalue weighted by atomic mass is 10.0. The lowest BCUT2D eigenvalue weighted by Gasteiger charge is -2.11. The van der Waals surface area contributed by atoms with Crippen molar-refractivity contribution in [3.8, 4) is 0 Å². The minimum absolute atomic E-state index is 0.152. The Labute approximate surface area is 137 Å². The van der Waals surface area contributed by atoms with Crippen LogP contribution in [0, 0.1) is 0 Å². The van der Waals surface area contributed by atoms with Crippen molar-refractivity contribution >= 4 is 10.1 Å². The first-order chi connectivity index (χ1) is 10.4. The van der Waals surface area contributed by atoms with Crippen LogP contribution in [0.25, 0.3) is 0 Å². The van der Waals surface area contributed by atoms with Gasteiger partial charge in [0, 0.05) is 0 Å². The summed E-state index contributed by atoms with van der Waals surface area (Å²) in [5, 5.41) is 9.25. The molecule has 2 unspecified atom stereocenters. The summed E-state index contributed by atoms with van der Waals surface area (Å²) in [6.45, 7) is 3.98. The van der Waals surface area contributed by atoms with Gasteiger partial charge in [0.05, 0.1) is 11.4 Å². The SMILES string of the molecule is CCCCCCC(O)CCCCCCCC(CC)S(=O)(=O)O. The molecule has 2 N–H and O–H groups in total. The molecule has 0 bridgehead atoms. The molecule has 0 fully saturated rings. The monoisotopic (exact) mass is 336 g/mol. The fraction of sp³-hybridized carbons (Fsp3) is 1.00. The van der Waals surface area contributed by atoms with Gasteiger partial charge in [-0.25, -0.2) is 0 Å². The van der Waals surface area contributed by atoms with Crippen LogP contribution >= 0.6 is 0 Å². The third-order valence-electron chi connectivity index (χ3n) is 4.33. The third-order valence-corrected chi connectivity index (χ3v) is 5.74. The van der Waals surface area contributed by atoms with Crippen LogP contribution in [0.15, 0.2) is 0 Å². The minimum Gasteiger partial charge on any atom is -0.393 e. The highest BCUT2D eigenvalue weighted by Gasteiger charge is 2.19. The highest BCUT2D eigenvalue weighted by Crippen LogP contribution is 2.16. The Morgan fingerprint density at radius 1 is 0.773 bits per heavy atom. The van der Waals surface area contributed by atoms with Gasteiger partial charge in [-0.1, -0.05) is 71.6 Å². The summed E-state index contributed by atoms with van der Waals surface area (Å²) in [6.07, 6.45) is 12.6. The van der Waals surface area contributed by atoms with Crippen molar-refractivity contribution < 1.29 is 18.1 Å². The molecule has 5 heteroatoms. The number of hydrogen-bond donors (Lipinski definition) is 2. The van der Waals surface area contributed by atoms with Crippen molar-refractivity contribution in [3.05, 3.63) is 0 Å². The van der Waals surface area contributed by atoms with Gasteiger partial charge in [-0.2, -0.15) is 8.42 Å². The lowest BCUT2D eigenvalue weighted by Crippen LogP contribution is -2.19. The van der Waals surface area contributed by atoms with E-state index in [9.17, 15) is 13.5 Å². The number of aliphatic hydroxyl groups is 1. The van der Waals surface area contributed by atoms with Crippen molar-refractivity contribution in [2.45, 2.75) is 109 Å². The van der Waals surface area contributed by atoms with E-state index in [0.29, 0.717) is 12.8 Å². The summed E-state index contributed by atoms with van der Waals surface area (Å²) in [6, 6.07) is 0. The molecule has 22 heavy (non-hydrogen) atoms. The van der Waals surface area contributed by atoms with E-state index < -0.39 is 15.4 Å². The molecule has 0 aromatic heterocycles. The van der Waals surface area contributed by atoms with E-state index >= 15 is 0 Å². The molecule has 4 nitrogen and oxygen atoms in total. The van der Waals surface area contributed by atoms with Crippen LogP contribution in [-0.2, 0) is 10.1 Å². The first-order valence-corrected chi connectivity index (χ1v) is 10.6. The highest BCUT2D eigenvalue weighted by molar-refractivity contribution is 7.86. The highest BCUT2D eigenvalue weighted by atomic mass is 32.2. The quantitative estimate of drug-likeness (QED) is 0.335. The Morgan fingerprint density at radius 3 is 1.68 bits per heavy atom. The van der Waals surface area contributed by atoms with Crippen molar-refractivity contribution in [1.29, 1.82) is 0 Å². The molecule has 0 aromatic rings. The molecule has 0 amide bonds. The summed E-state index contributed by atoms with van der Waals surface area (Å²) in [7, 11) is -3.87. The van der Waals surface area contributed by atoms with Gasteiger partial charge in [0.2, 0.25) is 0 Å². The van der Waals surface area contributed by atoms with Crippen molar-refractivity contribution in [1.82, 2.24) is 0 Å². The normalized spacial score (nSPS) is 14.9. The first-order valence-electron chi connectivity index (χ1n) is 9.06. The molecular formula is C17H36O4S. The van der Waals surface area contributed by atoms with Crippen LogP contribution in [0.4, 0.5) is 0 Å². The second-order valence-corrected chi connectivity index (χ2v) is 8.09. The van der Waals surface area contributed by atoms with Crippen molar-refractivity contribution in [2.75, 3.05) is 0 Å². The van der Waals surface area contributed by atoms with E-state index in [1.54, 1.807) is 6.92 Å². The topological polar surface area (TPSA) is 74.6 Å². The Balaban J connectivity index is 3.46. The number of hydrogen-bond acceptors (Lipinski definition) is 3. The standard InChI is InChI=1S/C17H36O4S/c1-3-5-6-10-13-16(18)14-11-8-7-9-12-15-17(4-2)22(19,20)21/h16-18H,3-15H2,1-2H3,(H,19,20,21). The Kier molecular flexibility index (Phi) is 13.2. The van der Waals surface area contributed by atoms with Gasteiger partial charge in [-0.3, -0.25) is 4.55 Å². The molecule has 134 valence electrons. The molecular weight excluding hydrogens is 300 g/mol. The van der Waals surface area contributed by atoms with Crippen LogP contribution < -0.4 is 0 Å². The van der Waals surface area contributed by atoms with E-state index in [2.05, 4.69) is 6.92 Å². The van der Waals surface area contributed by atoms with Gasteiger partial charge in [-0.05, 0) is 25.7 Å². The smallest absolute Gasteiger partial charge is 0.267 e. The van der Waals surface area contributed by atoms with Crippen LogP contribution in [0.3, 0.4) is 0 Å². The average molecular weight is 337 g/mol. The molecule has 2 atom stereocenters. The average Bonchev–Trinajstić information content (AvgIpc) is 2.45.